The Balaban J connectivity index is 2.52. The van der Waals surface area contributed by atoms with Crippen molar-refractivity contribution in [1.29, 1.82) is 0 Å². The summed E-state index contributed by atoms with van der Waals surface area (Å²) in [6.45, 7) is 1.39. The van der Waals surface area contributed by atoms with Crippen LogP contribution in [0.25, 0.3) is 11.1 Å². The maximum atomic E-state index is 13.3. The van der Waals surface area contributed by atoms with Gasteiger partial charge < -0.3 is 5.11 Å². The van der Waals surface area contributed by atoms with Crippen LogP contribution in [0, 0.1) is 18.6 Å². The minimum atomic E-state index is -0.567. The van der Waals surface area contributed by atoms with Crippen LogP contribution in [0.4, 0.5) is 8.78 Å². The Labute approximate surface area is 92.0 Å². The molecule has 0 radical (unpaired) electrons. The molecule has 2 aromatic rings. The van der Waals surface area contributed by atoms with Gasteiger partial charge in [0.1, 0.15) is 17.4 Å². The molecule has 0 aliphatic rings. The average Bonchev–Trinajstić information content (AvgIpc) is 2.26. The van der Waals surface area contributed by atoms with Gasteiger partial charge in [-0.3, -0.25) is 0 Å². The zero-order valence-corrected chi connectivity index (χ0v) is 8.67. The molecule has 0 aliphatic heterocycles. The lowest BCUT2D eigenvalue weighted by molar-refractivity contribution is 0.475. The van der Waals surface area contributed by atoms with Crippen LogP contribution in [-0.2, 0) is 0 Å². The molecule has 1 nitrogen and oxygen atoms in total. The molecule has 0 aliphatic carbocycles. The molecule has 0 spiro atoms. The Hall–Kier alpha value is -1.90. The quantitative estimate of drug-likeness (QED) is 0.777. The fraction of sp³-hybridized carbons (Fsp3) is 0.0769. The Bertz CT molecular complexity index is 495. The molecule has 0 saturated carbocycles. The molecule has 3 heteroatoms. The first-order valence-electron chi connectivity index (χ1n) is 4.83. The fourth-order valence-corrected chi connectivity index (χ4v) is 1.47. The number of hydrogen-bond donors (Lipinski definition) is 1. The SMILES string of the molecule is Cc1c(F)cc(-c2ccc(O)cc2)cc1F. The summed E-state index contributed by atoms with van der Waals surface area (Å²) in [5, 5.41) is 9.11. The first-order chi connectivity index (χ1) is 7.58. The molecule has 0 bridgehead atoms. The van der Waals surface area contributed by atoms with Gasteiger partial charge in [0, 0.05) is 5.56 Å². The number of phenolic OH excluding ortho intramolecular Hbond substituents is 1. The van der Waals surface area contributed by atoms with Crippen molar-refractivity contribution in [1.82, 2.24) is 0 Å². The van der Waals surface area contributed by atoms with E-state index >= 15 is 0 Å². The van der Waals surface area contributed by atoms with Crippen LogP contribution >= 0.6 is 0 Å². The highest BCUT2D eigenvalue weighted by atomic mass is 19.1. The molecule has 0 aromatic heterocycles. The van der Waals surface area contributed by atoms with Gasteiger partial charge in [0.05, 0.1) is 0 Å². The molecule has 0 saturated heterocycles. The first-order valence-corrected chi connectivity index (χ1v) is 4.83. The molecular formula is C13H10F2O. The van der Waals surface area contributed by atoms with Crippen LogP contribution in [0.2, 0.25) is 0 Å². The highest BCUT2D eigenvalue weighted by molar-refractivity contribution is 5.64. The van der Waals surface area contributed by atoms with Crippen molar-refractivity contribution in [3.8, 4) is 16.9 Å². The van der Waals surface area contributed by atoms with E-state index in [1.807, 2.05) is 0 Å². The third-order valence-electron chi connectivity index (χ3n) is 2.48. The van der Waals surface area contributed by atoms with Gasteiger partial charge in [-0.1, -0.05) is 12.1 Å². The van der Waals surface area contributed by atoms with E-state index in [4.69, 9.17) is 5.11 Å². The summed E-state index contributed by atoms with van der Waals surface area (Å²) < 4.78 is 26.6. The largest absolute Gasteiger partial charge is 0.508 e. The zero-order valence-electron chi connectivity index (χ0n) is 8.67. The summed E-state index contributed by atoms with van der Waals surface area (Å²) in [6, 6.07) is 8.74. The molecule has 1 N–H and O–H groups in total. The highest BCUT2D eigenvalue weighted by Gasteiger charge is 2.07. The number of benzene rings is 2. The van der Waals surface area contributed by atoms with Crippen molar-refractivity contribution in [3.63, 3.8) is 0 Å². The Morgan fingerprint density at radius 2 is 1.38 bits per heavy atom. The van der Waals surface area contributed by atoms with Gasteiger partial charge in [-0.05, 0) is 42.3 Å². The van der Waals surface area contributed by atoms with Crippen LogP contribution in [0.15, 0.2) is 36.4 Å². The molecule has 0 fully saturated rings. The Kier molecular flexibility index (Phi) is 2.60. The summed E-state index contributed by atoms with van der Waals surface area (Å²) >= 11 is 0. The van der Waals surface area contributed by atoms with E-state index < -0.39 is 11.6 Å². The molecule has 2 rings (SSSR count). The van der Waals surface area contributed by atoms with Crippen LogP contribution in [0.5, 0.6) is 5.75 Å². The van der Waals surface area contributed by atoms with Crippen molar-refractivity contribution in [2.75, 3.05) is 0 Å². The topological polar surface area (TPSA) is 20.2 Å². The molecule has 0 amide bonds. The second-order valence-electron chi connectivity index (χ2n) is 3.61. The number of hydrogen-bond acceptors (Lipinski definition) is 1. The number of rotatable bonds is 1. The van der Waals surface area contributed by atoms with Crippen LogP contribution in [-0.4, -0.2) is 5.11 Å². The molecule has 82 valence electrons. The molecule has 0 heterocycles. The average molecular weight is 220 g/mol. The van der Waals surface area contributed by atoms with Crippen molar-refractivity contribution >= 4 is 0 Å². The third kappa shape index (κ3) is 1.89. The standard InChI is InChI=1S/C13H10F2O/c1-8-12(14)6-10(7-13(8)15)9-2-4-11(16)5-3-9/h2-7,16H,1H3. The maximum Gasteiger partial charge on any atom is 0.129 e. The van der Waals surface area contributed by atoms with E-state index in [-0.39, 0.29) is 11.3 Å². The van der Waals surface area contributed by atoms with Gasteiger partial charge >= 0.3 is 0 Å². The van der Waals surface area contributed by atoms with Crippen LogP contribution in [0.1, 0.15) is 5.56 Å². The molecule has 16 heavy (non-hydrogen) atoms. The summed E-state index contributed by atoms with van der Waals surface area (Å²) in [7, 11) is 0. The lowest BCUT2D eigenvalue weighted by Gasteiger charge is -2.05. The summed E-state index contributed by atoms with van der Waals surface area (Å²) in [5.41, 5.74) is 1.14. The highest BCUT2D eigenvalue weighted by Crippen LogP contribution is 2.25. The maximum absolute atomic E-state index is 13.3. The van der Waals surface area contributed by atoms with Gasteiger partial charge in [0.2, 0.25) is 0 Å². The summed E-state index contributed by atoms with van der Waals surface area (Å²) in [4.78, 5) is 0. The Morgan fingerprint density at radius 3 is 1.88 bits per heavy atom. The van der Waals surface area contributed by atoms with Gasteiger partial charge in [-0.2, -0.15) is 0 Å². The van der Waals surface area contributed by atoms with E-state index in [1.165, 1.54) is 31.2 Å². The van der Waals surface area contributed by atoms with Crippen LogP contribution in [0.3, 0.4) is 0 Å². The van der Waals surface area contributed by atoms with E-state index in [2.05, 4.69) is 0 Å². The Morgan fingerprint density at radius 1 is 0.875 bits per heavy atom. The first kappa shape index (κ1) is 10.6. The predicted molar refractivity (Wildman–Crippen MR) is 58.2 cm³/mol. The predicted octanol–water partition coefficient (Wildman–Crippen LogP) is 3.65. The second kappa shape index (κ2) is 3.93. The number of halogens is 2. The van der Waals surface area contributed by atoms with E-state index in [9.17, 15) is 8.78 Å². The summed E-state index contributed by atoms with van der Waals surface area (Å²) in [5.74, 6) is -1.01. The lowest BCUT2D eigenvalue weighted by Crippen LogP contribution is -1.90. The normalized spacial score (nSPS) is 10.4. The van der Waals surface area contributed by atoms with E-state index in [1.54, 1.807) is 12.1 Å². The number of phenols is 1. The van der Waals surface area contributed by atoms with Crippen molar-refractivity contribution in [3.05, 3.63) is 53.6 Å². The summed E-state index contributed by atoms with van der Waals surface area (Å²) in [6.07, 6.45) is 0. The minimum absolute atomic E-state index is 0.0162. The van der Waals surface area contributed by atoms with E-state index in [0.29, 0.717) is 11.1 Å². The van der Waals surface area contributed by atoms with Crippen molar-refractivity contribution in [2.24, 2.45) is 0 Å². The molecule has 0 unspecified atom stereocenters. The van der Waals surface area contributed by atoms with E-state index in [0.717, 1.165) is 0 Å². The van der Waals surface area contributed by atoms with Crippen molar-refractivity contribution < 1.29 is 13.9 Å². The zero-order chi connectivity index (χ0) is 11.7. The molecular weight excluding hydrogens is 210 g/mol. The molecule has 2 aromatic carbocycles. The van der Waals surface area contributed by atoms with Gasteiger partial charge in [0.25, 0.3) is 0 Å². The molecule has 0 atom stereocenters. The smallest absolute Gasteiger partial charge is 0.129 e. The second-order valence-corrected chi connectivity index (χ2v) is 3.61. The third-order valence-corrected chi connectivity index (χ3v) is 2.48. The van der Waals surface area contributed by atoms with Gasteiger partial charge in [-0.15, -0.1) is 0 Å². The van der Waals surface area contributed by atoms with Gasteiger partial charge in [0.15, 0.2) is 0 Å². The number of aromatic hydroxyl groups is 1. The monoisotopic (exact) mass is 220 g/mol. The van der Waals surface area contributed by atoms with Crippen molar-refractivity contribution in [2.45, 2.75) is 6.92 Å². The van der Waals surface area contributed by atoms with Gasteiger partial charge in [-0.25, -0.2) is 8.78 Å². The fourth-order valence-electron chi connectivity index (χ4n) is 1.47. The van der Waals surface area contributed by atoms with Crippen LogP contribution < -0.4 is 0 Å². The lowest BCUT2D eigenvalue weighted by atomic mass is 10.0. The minimum Gasteiger partial charge on any atom is -0.508 e.